The summed E-state index contributed by atoms with van der Waals surface area (Å²) in [6.45, 7) is 1.51. The van der Waals surface area contributed by atoms with E-state index >= 15 is 0 Å². The van der Waals surface area contributed by atoms with E-state index in [4.69, 9.17) is 4.74 Å². The lowest BCUT2D eigenvalue weighted by Crippen LogP contribution is -2.37. The van der Waals surface area contributed by atoms with E-state index in [0.717, 1.165) is 38.0 Å². The summed E-state index contributed by atoms with van der Waals surface area (Å²) in [7, 11) is 1.76. The average molecular weight is 419 g/mol. The fourth-order valence-electron chi connectivity index (χ4n) is 5.05. The predicted octanol–water partition coefficient (Wildman–Crippen LogP) is 2.40. The van der Waals surface area contributed by atoms with E-state index in [1.54, 1.807) is 19.4 Å². The monoisotopic (exact) mass is 418 g/mol. The summed E-state index contributed by atoms with van der Waals surface area (Å²) in [6.07, 6.45) is 7.81. The van der Waals surface area contributed by atoms with Crippen molar-refractivity contribution in [2.45, 2.75) is 31.4 Å². The van der Waals surface area contributed by atoms with Crippen LogP contribution in [0.5, 0.6) is 0 Å². The second-order valence-corrected chi connectivity index (χ2v) is 8.53. The first-order chi connectivity index (χ1) is 15.2. The molecule has 2 fully saturated rings. The minimum atomic E-state index is 0.0284. The fourth-order valence-corrected chi connectivity index (χ4v) is 5.05. The molecule has 8 heteroatoms. The molecule has 1 saturated heterocycles. The van der Waals surface area contributed by atoms with Gasteiger partial charge >= 0.3 is 0 Å². The number of methoxy groups -OCH3 is 1. The maximum absolute atomic E-state index is 12.9. The molecule has 0 radical (unpaired) electrons. The first kappa shape index (κ1) is 19.8. The van der Waals surface area contributed by atoms with Crippen molar-refractivity contribution in [2.24, 2.45) is 11.8 Å². The maximum atomic E-state index is 12.9. The number of fused-ring (bicyclic) bond motifs is 1. The van der Waals surface area contributed by atoms with Crippen LogP contribution < -0.4 is 0 Å². The zero-order valence-electron chi connectivity index (χ0n) is 17.5. The molecule has 31 heavy (non-hydrogen) atoms. The van der Waals surface area contributed by atoms with Crippen molar-refractivity contribution in [3.63, 3.8) is 0 Å². The topological polar surface area (TPSA) is 86.0 Å². The summed E-state index contributed by atoms with van der Waals surface area (Å²) in [4.78, 5) is 14.8. The van der Waals surface area contributed by atoms with Gasteiger partial charge in [-0.15, -0.1) is 5.10 Å². The number of aromatic nitrogens is 5. The predicted molar refractivity (Wildman–Crippen MR) is 113 cm³/mol. The van der Waals surface area contributed by atoms with Crippen molar-refractivity contribution in [3.8, 4) is 0 Å². The molecule has 1 aliphatic carbocycles. The summed E-state index contributed by atoms with van der Waals surface area (Å²) in [6, 6.07) is 12.1. The normalized spacial score (nSPS) is 25.4. The molecule has 5 rings (SSSR count). The number of nitrogens with zero attached hydrogens (tertiary/aromatic N) is 6. The summed E-state index contributed by atoms with van der Waals surface area (Å²) in [5, 5.41) is 16.5. The Morgan fingerprint density at radius 2 is 1.90 bits per heavy atom. The molecule has 0 bridgehead atoms. The van der Waals surface area contributed by atoms with Gasteiger partial charge in [0.2, 0.25) is 0 Å². The quantitative estimate of drug-likeness (QED) is 0.632. The minimum Gasteiger partial charge on any atom is -0.379 e. The van der Waals surface area contributed by atoms with Crippen molar-refractivity contribution in [3.05, 3.63) is 71.8 Å². The number of carbonyl (C=O) groups excluding carboxylic acids is 1. The van der Waals surface area contributed by atoms with Gasteiger partial charge in [-0.25, -0.2) is 4.68 Å². The highest BCUT2D eigenvalue weighted by Gasteiger charge is 2.44. The molecule has 2 aromatic heterocycles. The van der Waals surface area contributed by atoms with Gasteiger partial charge in [0.25, 0.3) is 5.91 Å². The molecule has 0 unspecified atom stereocenters. The van der Waals surface area contributed by atoms with E-state index in [-0.39, 0.29) is 18.1 Å². The molecule has 0 spiro atoms. The number of benzene rings is 1. The molecule has 1 aromatic carbocycles. The van der Waals surface area contributed by atoms with Gasteiger partial charge in [0.05, 0.1) is 35.8 Å². The molecule has 8 nitrogen and oxygen atoms in total. The molecule has 1 saturated carbocycles. The smallest absolute Gasteiger partial charge is 0.255 e. The Morgan fingerprint density at radius 1 is 1.10 bits per heavy atom. The van der Waals surface area contributed by atoms with Crippen LogP contribution in [0.25, 0.3) is 0 Å². The van der Waals surface area contributed by atoms with Gasteiger partial charge < -0.3 is 9.64 Å². The SMILES string of the molecule is CO[C@@H]1C[C@H]2CN(C(=O)c3ccnnc3)C[C@H]2C[C@H]1n1cc(Cc2ccccc2)nn1. The number of hydrogen-bond donors (Lipinski definition) is 0. The largest absolute Gasteiger partial charge is 0.379 e. The summed E-state index contributed by atoms with van der Waals surface area (Å²) in [5.74, 6) is 0.893. The summed E-state index contributed by atoms with van der Waals surface area (Å²) < 4.78 is 7.84. The van der Waals surface area contributed by atoms with E-state index in [0.29, 0.717) is 17.4 Å². The van der Waals surface area contributed by atoms with E-state index in [1.807, 2.05) is 34.0 Å². The minimum absolute atomic E-state index is 0.0284. The van der Waals surface area contributed by atoms with Crippen LogP contribution in [-0.2, 0) is 11.2 Å². The fraction of sp³-hybridized carbons (Fsp3) is 0.435. The summed E-state index contributed by atoms with van der Waals surface area (Å²) in [5.41, 5.74) is 2.77. The Hall–Kier alpha value is -3.13. The third-order valence-corrected chi connectivity index (χ3v) is 6.63. The molecule has 3 heterocycles. The van der Waals surface area contributed by atoms with Crippen molar-refractivity contribution in [1.29, 1.82) is 0 Å². The lowest BCUT2D eigenvalue weighted by molar-refractivity contribution is -0.00546. The summed E-state index contributed by atoms with van der Waals surface area (Å²) >= 11 is 0. The molecular formula is C23H26N6O2. The Labute approximate surface area is 181 Å². The van der Waals surface area contributed by atoms with Crippen LogP contribution in [0.2, 0.25) is 0 Å². The Morgan fingerprint density at radius 3 is 2.65 bits per heavy atom. The van der Waals surface area contributed by atoms with Gasteiger partial charge in [0, 0.05) is 32.8 Å². The van der Waals surface area contributed by atoms with Crippen LogP contribution in [0.4, 0.5) is 0 Å². The van der Waals surface area contributed by atoms with Gasteiger partial charge in [-0.1, -0.05) is 35.5 Å². The van der Waals surface area contributed by atoms with Gasteiger partial charge in [0.15, 0.2) is 0 Å². The van der Waals surface area contributed by atoms with Gasteiger partial charge in [-0.3, -0.25) is 4.79 Å². The van der Waals surface area contributed by atoms with E-state index in [1.165, 1.54) is 11.8 Å². The number of hydrogen-bond acceptors (Lipinski definition) is 6. The van der Waals surface area contributed by atoms with Crippen molar-refractivity contribution < 1.29 is 9.53 Å². The van der Waals surface area contributed by atoms with E-state index < -0.39 is 0 Å². The highest BCUT2D eigenvalue weighted by Crippen LogP contribution is 2.42. The lowest BCUT2D eigenvalue weighted by atomic mass is 9.77. The van der Waals surface area contributed by atoms with Gasteiger partial charge in [0.1, 0.15) is 0 Å². The number of amides is 1. The average Bonchev–Trinajstić information content (AvgIpc) is 3.45. The van der Waals surface area contributed by atoms with Crippen LogP contribution in [-0.4, -0.2) is 62.3 Å². The zero-order valence-corrected chi connectivity index (χ0v) is 17.5. The molecular weight excluding hydrogens is 392 g/mol. The molecule has 1 amide bonds. The molecule has 0 N–H and O–H groups in total. The first-order valence-electron chi connectivity index (χ1n) is 10.7. The van der Waals surface area contributed by atoms with E-state index in [9.17, 15) is 4.79 Å². The standard InChI is InChI=1S/C23H26N6O2/c1-31-22-11-19-14-28(23(30)17-7-8-24-25-12-17)13-18(19)10-21(22)29-15-20(26-27-29)9-16-5-3-2-4-6-16/h2-8,12,15,18-19,21-22H,9-11,13-14H2,1H3/t18-,19+,21-,22-/m1/s1. The Kier molecular flexibility index (Phi) is 5.46. The van der Waals surface area contributed by atoms with Crippen molar-refractivity contribution in [1.82, 2.24) is 30.1 Å². The highest BCUT2D eigenvalue weighted by atomic mass is 16.5. The highest BCUT2D eigenvalue weighted by molar-refractivity contribution is 5.94. The van der Waals surface area contributed by atoms with Gasteiger partial charge in [-0.05, 0) is 36.3 Å². The number of carbonyl (C=O) groups is 1. The van der Waals surface area contributed by atoms with E-state index in [2.05, 4.69) is 32.6 Å². The Balaban J connectivity index is 1.29. The third-order valence-electron chi connectivity index (χ3n) is 6.63. The number of ether oxygens (including phenoxy) is 1. The molecule has 160 valence electrons. The second kappa shape index (κ2) is 8.55. The zero-order chi connectivity index (χ0) is 21.2. The lowest BCUT2D eigenvalue weighted by Gasteiger charge is -2.36. The van der Waals surface area contributed by atoms with Crippen molar-refractivity contribution >= 4 is 5.91 Å². The first-order valence-corrected chi connectivity index (χ1v) is 10.7. The second-order valence-electron chi connectivity index (χ2n) is 8.53. The number of likely N-dealkylation sites (tertiary alicyclic amines) is 1. The molecule has 2 aliphatic rings. The van der Waals surface area contributed by atoms with Gasteiger partial charge in [-0.2, -0.15) is 10.2 Å². The third kappa shape index (κ3) is 4.07. The van der Waals surface area contributed by atoms with Crippen LogP contribution >= 0.6 is 0 Å². The van der Waals surface area contributed by atoms with Crippen LogP contribution in [0, 0.1) is 11.8 Å². The van der Waals surface area contributed by atoms with Crippen LogP contribution in [0.1, 0.15) is 40.5 Å². The van der Waals surface area contributed by atoms with Crippen LogP contribution in [0.3, 0.4) is 0 Å². The molecule has 4 atom stereocenters. The Bertz CT molecular complexity index is 1020. The molecule has 1 aliphatic heterocycles. The van der Waals surface area contributed by atoms with Crippen molar-refractivity contribution in [2.75, 3.05) is 20.2 Å². The van der Waals surface area contributed by atoms with Crippen LogP contribution in [0.15, 0.2) is 55.0 Å². The molecule has 3 aromatic rings. The number of rotatable bonds is 5. The maximum Gasteiger partial charge on any atom is 0.255 e.